The second-order valence-electron chi connectivity index (χ2n) is 3.66. The largest absolute Gasteiger partial charge is 0.476 e. The fraction of sp³-hybridized carbons (Fsp3) is 0.167. The molecule has 0 amide bonds. The van der Waals surface area contributed by atoms with Gasteiger partial charge in [0.1, 0.15) is 11.6 Å². The van der Waals surface area contributed by atoms with E-state index in [0.717, 1.165) is 12.1 Å². The Morgan fingerprint density at radius 1 is 1.39 bits per heavy atom. The average Bonchev–Trinajstić information content (AvgIpc) is 2.73. The van der Waals surface area contributed by atoms with E-state index >= 15 is 0 Å². The summed E-state index contributed by atoms with van der Waals surface area (Å²) < 4.78 is 27.8. The highest BCUT2D eigenvalue weighted by Crippen LogP contribution is 2.24. The molecule has 1 N–H and O–H groups in total. The zero-order valence-electron chi connectivity index (χ0n) is 9.52. The summed E-state index contributed by atoms with van der Waals surface area (Å²) in [5, 5.41) is 12.7. The van der Waals surface area contributed by atoms with Crippen LogP contribution in [0.3, 0.4) is 0 Å². The molecule has 94 valence electrons. The van der Waals surface area contributed by atoms with Gasteiger partial charge >= 0.3 is 5.97 Å². The molecule has 0 aliphatic rings. The first kappa shape index (κ1) is 12.2. The van der Waals surface area contributed by atoms with Crippen molar-refractivity contribution in [1.29, 1.82) is 0 Å². The van der Waals surface area contributed by atoms with Crippen molar-refractivity contribution in [2.24, 2.45) is 0 Å². The Morgan fingerprint density at radius 2 is 2.11 bits per heavy atom. The summed E-state index contributed by atoms with van der Waals surface area (Å²) >= 11 is 0. The predicted octanol–water partition coefficient (Wildman–Crippen LogP) is 2.55. The summed E-state index contributed by atoms with van der Waals surface area (Å²) in [6, 6.07) is 4.40. The van der Waals surface area contributed by atoms with E-state index in [1.807, 2.05) is 0 Å². The molecule has 0 spiro atoms. The highest BCUT2D eigenvalue weighted by Gasteiger charge is 2.16. The van der Waals surface area contributed by atoms with E-state index in [4.69, 9.17) is 5.11 Å². The number of carboxylic acid groups (broad SMARTS) is 1. The van der Waals surface area contributed by atoms with Gasteiger partial charge in [-0.2, -0.15) is 5.10 Å². The first-order chi connectivity index (χ1) is 8.52. The summed E-state index contributed by atoms with van der Waals surface area (Å²) in [4.78, 5) is 10.8. The molecule has 0 radical (unpaired) electrons. The smallest absolute Gasteiger partial charge is 0.356 e. The van der Waals surface area contributed by atoms with Crippen molar-refractivity contribution in [3.63, 3.8) is 0 Å². The van der Waals surface area contributed by atoms with Crippen molar-refractivity contribution in [1.82, 2.24) is 9.78 Å². The lowest BCUT2D eigenvalue weighted by Crippen LogP contribution is -2.03. The number of halogens is 2. The van der Waals surface area contributed by atoms with Crippen LogP contribution in [0.15, 0.2) is 24.3 Å². The van der Waals surface area contributed by atoms with Crippen LogP contribution in [0.4, 0.5) is 8.78 Å². The van der Waals surface area contributed by atoms with Crippen LogP contribution in [-0.2, 0) is 6.54 Å². The molecular weight excluding hydrogens is 242 g/mol. The highest BCUT2D eigenvalue weighted by atomic mass is 19.1. The summed E-state index contributed by atoms with van der Waals surface area (Å²) in [7, 11) is 0. The Labute approximate surface area is 101 Å². The minimum Gasteiger partial charge on any atom is -0.476 e. The third-order valence-electron chi connectivity index (χ3n) is 2.51. The molecule has 1 aromatic heterocycles. The molecule has 18 heavy (non-hydrogen) atoms. The predicted molar refractivity (Wildman–Crippen MR) is 60.2 cm³/mol. The van der Waals surface area contributed by atoms with Crippen LogP contribution < -0.4 is 0 Å². The number of aromatic carboxylic acids is 1. The second-order valence-corrected chi connectivity index (χ2v) is 3.66. The minimum atomic E-state index is -1.19. The molecule has 6 heteroatoms. The zero-order chi connectivity index (χ0) is 13.3. The Morgan fingerprint density at radius 3 is 2.67 bits per heavy atom. The number of nitrogens with zero attached hydrogens (tertiary/aromatic N) is 2. The molecule has 0 atom stereocenters. The monoisotopic (exact) mass is 252 g/mol. The Bertz CT molecular complexity index is 608. The summed E-state index contributed by atoms with van der Waals surface area (Å²) in [6.45, 7) is 2.14. The van der Waals surface area contributed by atoms with Crippen LogP contribution >= 0.6 is 0 Å². The highest BCUT2D eigenvalue weighted by molar-refractivity contribution is 5.87. The van der Waals surface area contributed by atoms with E-state index in [1.165, 1.54) is 16.8 Å². The fourth-order valence-electron chi connectivity index (χ4n) is 1.68. The lowest BCUT2D eigenvalue weighted by atomic mass is 10.1. The van der Waals surface area contributed by atoms with Gasteiger partial charge in [-0.3, -0.25) is 4.68 Å². The maximum absolute atomic E-state index is 13.6. The second kappa shape index (κ2) is 4.56. The molecule has 1 aromatic carbocycles. The van der Waals surface area contributed by atoms with Gasteiger partial charge in [0.15, 0.2) is 5.69 Å². The van der Waals surface area contributed by atoms with Gasteiger partial charge in [0, 0.05) is 18.2 Å². The molecule has 1 heterocycles. The van der Waals surface area contributed by atoms with E-state index in [9.17, 15) is 13.6 Å². The maximum atomic E-state index is 13.6. The molecule has 0 aliphatic carbocycles. The Balaban J connectivity index is 2.58. The molecule has 0 bridgehead atoms. The van der Waals surface area contributed by atoms with Crippen LogP contribution in [0.2, 0.25) is 0 Å². The lowest BCUT2D eigenvalue weighted by molar-refractivity contribution is 0.0689. The van der Waals surface area contributed by atoms with Gasteiger partial charge in [0.2, 0.25) is 0 Å². The molecule has 4 nitrogen and oxygen atoms in total. The van der Waals surface area contributed by atoms with Crippen LogP contribution in [0.5, 0.6) is 0 Å². The summed E-state index contributed by atoms with van der Waals surface area (Å²) in [5.74, 6) is -2.62. The number of carboxylic acids is 1. The quantitative estimate of drug-likeness (QED) is 0.913. The van der Waals surface area contributed by atoms with Gasteiger partial charge in [0.25, 0.3) is 0 Å². The number of rotatable bonds is 3. The number of aromatic nitrogens is 2. The fourth-order valence-corrected chi connectivity index (χ4v) is 1.68. The molecule has 2 aromatic rings. The van der Waals surface area contributed by atoms with Crippen LogP contribution in [0, 0.1) is 11.6 Å². The topological polar surface area (TPSA) is 55.1 Å². The minimum absolute atomic E-state index is 0.123. The first-order valence-electron chi connectivity index (χ1n) is 5.29. The van der Waals surface area contributed by atoms with Gasteiger partial charge < -0.3 is 5.11 Å². The van der Waals surface area contributed by atoms with Crippen molar-refractivity contribution in [3.05, 3.63) is 41.6 Å². The van der Waals surface area contributed by atoms with E-state index in [2.05, 4.69) is 5.10 Å². The summed E-state index contributed by atoms with van der Waals surface area (Å²) in [6.07, 6.45) is 0. The van der Waals surface area contributed by atoms with Crippen LogP contribution in [-0.4, -0.2) is 20.9 Å². The standard InChI is InChI=1S/C12H10F2N2O2/c1-2-16-11(6-10(15-16)12(17)18)8-4-3-7(13)5-9(8)14/h3-6H,2H2,1H3,(H,17,18). The number of carbonyl (C=O) groups is 1. The van der Waals surface area contributed by atoms with Gasteiger partial charge in [0.05, 0.1) is 5.69 Å². The first-order valence-corrected chi connectivity index (χ1v) is 5.29. The third kappa shape index (κ3) is 2.09. The van der Waals surface area contributed by atoms with Crippen molar-refractivity contribution < 1.29 is 18.7 Å². The lowest BCUT2D eigenvalue weighted by Gasteiger charge is -2.05. The van der Waals surface area contributed by atoms with E-state index in [1.54, 1.807) is 6.92 Å². The molecule has 2 rings (SSSR count). The molecule has 0 aliphatic heterocycles. The third-order valence-corrected chi connectivity index (χ3v) is 2.51. The molecule has 0 saturated heterocycles. The van der Waals surface area contributed by atoms with Crippen molar-refractivity contribution in [2.45, 2.75) is 13.5 Å². The van der Waals surface area contributed by atoms with Crippen LogP contribution in [0.1, 0.15) is 17.4 Å². The zero-order valence-corrected chi connectivity index (χ0v) is 9.52. The number of hydrogen-bond donors (Lipinski definition) is 1. The van der Waals surface area contributed by atoms with Gasteiger partial charge in [-0.1, -0.05) is 0 Å². The van der Waals surface area contributed by atoms with Crippen molar-refractivity contribution in [2.75, 3.05) is 0 Å². The van der Waals surface area contributed by atoms with Gasteiger partial charge in [-0.25, -0.2) is 13.6 Å². The van der Waals surface area contributed by atoms with E-state index in [0.29, 0.717) is 12.2 Å². The van der Waals surface area contributed by atoms with Gasteiger partial charge in [-0.05, 0) is 25.1 Å². The number of aryl methyl sites for hydroxylation is 1. The SMILES string of the molecule is CCn1nc(C(=O)O)cc1-c1ccc(F)cc1F. The summed E-state index contributed by atoms with van der Waals surface area (Å²) in [5.41, 5.74) is 0.265. The maximum Gasteiger partial charge on any atom is 0.356 e. The molecular formula is C12H10F2N2O2. The number of benzene rings is 1. The van der Waals surface area contributed by atoms with Gasteiger partial charge in [-0.15, -0.1) is 0 Å². The molecule has 0 fully saturated rings. The number of hydrogen-bond acceptors (Lipinski definition) is 2. The Kier molecular flexibility index (Phi) is 3.10. The molecule has 0 unspecified atom stereocenters. The van der Waals surface area contributed by atoms with Crippen LogP contribution in [0.25, 0.3) is 11.3 Å². The van der Waals surface area contributed by atoms with Crippen molar-refractivity contribution >= 4 is 5.97 Å². The normalized spacial score (nSPS) is 10.6. The van der Waals surface area contributed by atoms with Crippen molar-refractivity contribution in [3.8, 4) is 11.3 Å². The van der Waals surface area contributed by atoms with E-state index in [-0.39, 0.29) is 11.3 Å². The molecule has 0 saturated carbocycles. The average molecular weight is 252 g/mol. The van der Waals surface area contributed by atoms with E-state index < -0.39 is 17.6 Å². The Hall–Kier alpha value is -2.24.